The molecular weight excluding hydrogens is 222 g/mol. The number of fused-ring (bicyclic) bond motifs is 1. The molecule has 1 aliphatic carbocycles. The van der Waals surface area contributed by atoms with Crippen molar-refractivity contribution in [3.8, 4) is 0 Å². The summed E-state index contributed by atoms with van der Waals surface area (Å²) in [7, 11) is 0. The first-order valence-corrected chi connectivity index (χ1v) is 6.83. The van der Waals surface area contributed by atoms with E-state index in [0.717, 1.165) is 29.7 Å². The van der Waals surface area contributed by atoms with Gasteiger partial charge in [-0.05, 0) is 31.4 Å². The number of hydrogen-bond acceptors (Lipinski definition) is 2. The number of aryl methyl sites for hydroxylation is 1. The van der Waals surface area contributed by atoms with E-state index in [2.05, 4.69) is 37.0 Å². The molecule has 1 fully saturated rings. The van der Waals surface area contributed by atoms with Crippen LogP contribution >= 0.6 is 0 Å². The highest BCUT2D eigenvalue weighted by atomic mass is 15.0. The highest BCUT2D eigenvalue weighted by Gasteiger charge is 2.38. The Balaban J connectivity index is 2.11. The van der Waals surface area contributed by atoms with E-state index >= 15 is 0 Å². The van der Waals surface area contributed by atoms with Crippen molar-refractivity contribution in [2.75, 3.05) is 0 Å². The summed E-state index contributed by atoms with van der Waals surface area (Å²) in [4.78, 5) is 8.31. The van der Waals surface area contributed by atoms with Crippen molar-refractivity contribution in [2.24, 2.45) is 5.73 Å². The second-order valence-electron chi connectivity index (χ2n) is 5.83. The molecule has 1 aromatic carbocycles. The number of hydrogen-bond donors (Lipinski definition) is 2. The number of nitrogens with one attached hydrogen (secondary N) is 1. The molecular formula is C15H21N3. The molecule has 0 amide bonds. The van der Waals surface area contributed by atoms with Gasteiger partial charge in [0.25, 0.3) is 0 Å². The summed E-state index contributed by atoms with van der Waals surface area (Å²) in [6, 6.07) is 6.49. The minimum Gasteiger partial charge on any atom is -0.341 e. The topological polar surface area (TPSA) is 54.7 Å². The smallest absolute Gasteiger partial charge is 0.114 e. The SMILES string of the molecule is Cc1cccc2[nH]c(C3(C)CCCCC3N)nc12. The lowest BCUT2D eigenvalue weighted by molar-refractivity contribution is 0.260. The van der Waals surface area contributed by atoms with E-state index in [1.165, 1.54) is 18.4 Å². The van der Waals surface area contributed by atoms with Crippen molar-refractivity contribution in [1.82, 2.24) is 9.97 Å². The zero-order chi connectivity index (χ0) is 12.8. The molecule has 1 heterocycles. The van der Waals surface area contributed by atoms with Crippen molar-refractivity contribution >= 4 is 11.0 Å². The molecule has 3 rings (SSSR count). The normalized spacial score (nSPS) is 28.7. The van der Waals surface area contributed by atoms with Crippen LogP contribution < -0.4 is 5.73 Å². The molecule has 2 unspecified atom stereocenters. The van der Waals surface area contributed by atoms with Crippen LogP contribution in [0.4, 0.5) is 0 Å². The Morgan fingerprint density at radius 2 is 2.22 bits per heavy atom. The summed E-state index contributed by atoms with van der Waals surface area (Å²) < 4.78 is 0. The molecule has 0 bridgehead atoms. The summed E-state index contributed by atoms with van der Waals surface area (Å²) in [5.74, 6) is 1.07. The number of aromatic nitrogens is 2. The van der Waals surface area contributed by atoms with Gasteiger partial charge in [0, 0.05) is 11.5 Å². The second kappa shape index (κ2) is 4.09. The van der Waals surface area contributed by atoms with Gasteiger partial charge in [0.1, 0.15) is 5.82 Å². The molecule has 2 aromatic rings. The first kappa shape index (κ1) is 11.7. The van der Waals surface area contributed by atoms with Gasteiger partial charge in [-0.1, -0.05) is 31.9 Å². The summed E-state index contributed by atoms with van der Waals surface area (Å²) in [6.45, 7) is 4.36. The second-order valence-corrected chi connectivity index (χ2v) is 5.83. The zero-order valence-electron chi connectivity index (χ0n) is 11.2. The van der Waals surface area contributed by atoms with E-state index in [0.29, 0.717) is 0 Å². The fourth-order valence-corrected chi connectivity index (χ4v) is 3.10. The van der Waals surface area contributed by atoms with Crippen LogP contribution in [0.2, 0.25) is 0 Å². The van der Waals surface area contributed by atoms with Gasteiger partial charge in [-0.15, -0.1) is 0 Å². The van der Waals surface area contributed by atoms with E-state index in [-0.39, 0.29) is 11.5 Å². The van der Waals surface area contributed by atoms with Gasteiger partial charge in [-0.25, -0.2) is 4.98 Å². The molecule has 1 saturated carbocycles. The molecule has 3 nitrogen and oxygen atoms in total. The Hall–Kier alpha value is -1.35. The molecule has 3 heteroatoms. The van der Waals surface area contributed by atoms with E-state index in [9.17, 15) is 0 Å². The van der Waals surface area contributed by atoms with Crippen molar-refractivity contribution < 1.29 is 0 Å². The Morgan fingerprint density at radius 1 is 1.39 bits per heavy atom. The Morgan fingerprint density at radius 3 is 2.94 bits per heavy atom. The average molecular weight is 243 g/mol. The van der Waals surface area contributed by atoms with Crippen molar-refractivity contribution in [2.45, 2.75) is 51.0 Å². The molecule has 0 spiro atoms. The van der Waals surface area contributed by atoms with Gasteiger partial charge < -0.3 is 10.7 Å². The third-order valence-corrected chi connectivity index (χ3v) is 4.54. The maximum atomic E-state index is 6.35. The fraction of sp³-hybridized carbons (Fsp3) is 0.533. The lowest BCUT2D eigenvalue weighted by Crippen LogP contribution is -2.46. The number of imidazole rings is 1. The number of aromatic amines is 1. The summed E-state index contributed by atoms with van der Waals surface area (Å²) in [6.07, 6.45) is 4.73. The summed E-state index contributed by atoms with van der Waals surface area (Å²) in [5.41, 5.74) is 9.79. The van der Waals surface area contributed by atoms with Crippen LogP contribution in [0.25, 0.3) is 11.0 Å². The molecule has 0 saturated heterocycles. The number of H-pyrrole nitrogens is 1. The lowest BCUT2D eigenvalue weighted by atomic mass is 9.71. The molecule has 1 aromatic heterocycles. The Bertz CT molecular complexity index is 572. The van der Waals surface area contributed by atoms with Crippen LogP contribution in [-0.2, 0) is 5.41 Å². The van der Waals surface area contributed by atoms with Crippen LogP contribution in [0, 0.1) is 6.92 Å². The first-order valence-electron chi connectivity index (χ1n) is 6.83. The van der Waals surface area contributed by atoms with Crippen LogP contribution in [0.15, 0.2) is 18.2 Å². The summed E-state index contributed by atoms with van der Waals surface area (Å²) in [5, 5.41) is 0. The molecule has 3 N–H and O–H groups in total. The molecule has 0 aliphatic heterocycles. The predicted molar refractivity (Wildman–Crippen MR) is 74.6 cm³/mol. The van der Waals surface area contributed by atoms with E-state index in [4.69, 9.17) is 10.7 Å². The van der Waals surface area contributed by atoms with E-state index in [1.807, 2.05) is 0 Å². The van der Waals surface area contributed by atoms with Gasteiger partial charge in [0.2, 0.25) is 0 Å². The third kappa shape index (κ3) is 1.65. The van der Waals surface area contributed by atoms with Crippen molar-refractivity contribution in [3.63, 3.8) is 0 Å². The first-order chi connectivity index (χ1) is 8.61. The van der Waals surface area contributed by atoms with Crippen LogP contribution in [0.1, 0.15) is 44.0 Å². The van der Waals surface area contributed by atoms with Crippen molar-refractivity contribution in [1.29, 1.82) is 0 Å². The van der Waals surface area contributed by atoms with Gasteiger partial charge in [0.05, 0.1) is 11.0 Å². The molecule has 0 radical (unpaired) electrons. The maximum absolute atomic E-state index is 6.35. The maximum Gasteiger partial charge on any atom is 0.114 e. The van der Waals surface area contributed by atoms with Crippen LogP contribution in [-0.4, -0.2) is 16.0 Å². The van der Waals surface area contributed by atoms with Crippen molar-refractivity contribution in [3.05, 3.63) is 29.6 Å². The van der Waals surface area contributed by atoms with Gasteiger partial charge >= 0.3 is 0 Å². The molecule has 1 aliphatic rings. The quantitative estimate of drug-likeness (QED) is 0.809. The number of para-hydroxylation sites is 1. The number of rotatable bonds is 1. The number of benzene rings is 1. The lowest BCUT2D eigenvalue weighted by Gasteiger charge is -2.37. The average Bonchev–Trinajstić information content (AvgIpc) is 2.79. The molecule has 96 valence electrons. The largest absolute Gasteiger partial charge is 0.341 e. The van der Waals surface area contributed by atoms with E-state index < -0.39 is 0 Å². The number of nitrogens with two attached hydrogens (primary N) is 1. The van der Waals surface area contributed by atoms with E-state index in [1.54, 1.807) is 0 Å². The number of nitrogens with zero attached hydrogens (tertiary/aromatic N) is 1. The summed E-state index contributed by atoms with van der Waals surface area (Å²) >= 11 is 0. The standard InChI is InChI=1S/C15H21N3/c1-10-6-5-7-11-13(10)18-14(17-11)15(2)9-4-3-8-12(15)16/h5-7,12H,3-4,8-9,16H2,1-2H3,(H,17,18). The molecule has 18 heavy (non-hydrogen) atoms. The van der Waals surface area contributed by atoms with Gasteiger partial charge in [-0.3, -0.25) is 0 Å². The Labute approximate surface area is 108 Å². The fourth-order valence-electron chi connectivity index (χ4n) is 3.10. The van der Waals surface area contributed by atoms with Gasteiger partial charge in [-0.2, -0.15) is 0 Å². The molecule has 2 atom stereocenters. The van der Waals surface area contributed by atoms with Gasteiger partial charge in [0.15, 0.2) is 0 Å². The third-order valence-electron chi connectivity index (χ3n) is 4.54. The minimum atomic E-state index is 0.00368. The monoisotopic (exact) mass is 243 g/mol. The van der Waals surface area contributed by atoms with Crippen LogP contribution in [0.3, 0.4) is 0 Å². The zero-order valence-corrected chi connectivity index (χ0v) is 11.2. The highest BCUT2D eigenvalue weighted by Crippen LogP contribution is 2.37. The Kier molecular flexibility index (Phi) is 2.67. The minimum absolute atomic E-state index is 0.00368. The van der Waals surface area contributed by atoms with Crippen LogP contribution in [0.5, 0.6) is 0 Å². The predicted octanol–water partition coefficient (Wildman–Crippen LogP) is 3.03. The highest BCUT2D eigenvalue weighted by molar-refractivity contribution is 5.78.